The number of carbonyl (C=O) groups is 1. The Hall–Kier alpha value is -0.910. The van der Waals surface area contributed by atoms with Crippen LogP contribution in [0.2, 0.25) is 0 Å². The summed E-state index contributed by atoms with van der Waals surface area (Å²) in [5.74, 6) is -0.919. The van der Waals surface area contributed by atoms with Gasteiger partial charge >= 0.3 is 5.97 Å². The Morgan fingerprint density at radius 1 is 1.60 bits per heavy atom. The van der Waals surface area contributed by atoms with Crippen molar-refractivity contribution in [2.45, 2.75) is 25.9 Å². The number of thiophene rings is 1. The van der Waals surface area contributed by atoms with Crippen molar-refractivity contribution in [2.75, 3.05) is 6.61 Å². The zero-order valence-corrected chi connectivity index (χ0v) is 9.25. The van der Waals surface area contributed by atoms with Crippen LogP contribution in [0.5, 0.6) is 0 Å². The molecule has 0 aliphatic rings. The van der Waals surface area contributed by atoms with Crippen molar-refractivity contribution in [3.05, 3.63) is 21.4 Å². The fourth-order valence-corrected chi connectivity index (χ4v) is 2.29. The molecule has 0 unspecified atom stereocenters. The molecule has 0 saturated heterocycles. The molecule has 0 spiro atoms. The number of aryl methyl sites for hydroxylation is 2. The van der Waals surface area contributed by atoms with Crippen LogP contribution in [0.3, 0.4) is 0 Å². The van der Waals surface area contributed by atoms with Gasteiger partial charge in [0.15, 0.2) is 0 Å². The molecule has 3 N–H and O–H groups in total. The minimum atomic E-state index is -0.919. The van der Waals surface area contributed by atoms with Gasteiger partial charge in [0, 0.05) is 4.88 Å². The van der Waals surface area contributed by atoms with Crippen LogP contribution < -0.4 is 0 Å². The SMILES string of the molecule is Cc1cc(C(=O)O)sc1CC[C@H](O)CO. The lowest BCUT2D eigenvalue weighted by molar-refractivity contribution is 0.0702. The fraction of sp³-hybridized carbons (Fsp3) is 0.500. The monoisotopic (exact) mass is 230 g/mol. The first-order chi connectivity index (χ1) is 7.04. The summed E-state index contributed by atoms with van der Waals surface area (Å²) in [6, 6.07) is 1.63. The summed E-state index contributed by atoms with van der Waals surface area (Å²) in [6.07, 6.45) is 0.336. The summed E-state index contributed by atoms with van der Waals surface area (Å²) in [6.45, 7) is 1.60. The second-order valence-corrected chi connectivity index (χ2v) is 4.53. The molecule has 0 bridgehead atoms. The summed E-state index contributed by atoms with van der Waals surface area (Å²) < 4.78 is 0. The highest BCUT2D eigenvalue weighted by Crippen LogP contribution is 2.23. The van der Waals surface area contributed by atoms with Crippen LogP contribution in [0.15, 0.2) is 6.07 Å². The second kappa shape index (κ2) is 5.25. The number of aliphatic hydroxyl groups is 2. The Kier molecular flexibility index (Phi) is 4.26. The van der Waals surface area contributed by atoms with E-state index in [0.29, 0.717) is 17.7 Å². The van der Waals surface area contributed by atoms with Crippen molar-refractivity contribution in [1.82, 2.24) is 0 Å². The molecule has 15 heavy (non-hydrogen) atoms. The van der Waals surface area contributed by atoms with Crippen LogP contribution in [-0.4, -0.2) is 34.0 Å². The number of hydrogen-bond acceptors (Lipinski definition) is 4. The summed E-state index contributed by atoms with van der Waals surface area (Å²) in [4.78, 5) is 12.0. The highest BCUT2D eigenvalue weighted by atomic mass is 32.1. The lowest BCUT2D eigenvalue weighted by Gasteiger charge is -2.05. The maximum Gasteiger partial charge on any atom is 0.345 e. The van der Waals surface area contributed by atoms with E-state index in [1.54, 1.807) is 6.07 Å². The van der Waals surface area contributed by atoms with Gasteiger partial charge in [-0.15, -0.1) is 11.3 Å². The molecular weight excluding hydrogens is 216 g/mol. The van der Waals surface area contributed by atoms with E-state index >= 15 is 0 Å². The molecule has 0 saturated carbocycles. The normalized spacial score (nSPS) is 12.7. The zero-order chi connectivity index (χ0) is 11.4. The Balaban J connectivity index is 2.65. The van der Waals surface area contributed by atoms with E-state index in [-0.39, 0.29) is 6.61 Å². The molecule has 0 aliphatic heterocycles. The largest absolute Gasteiger partial charge is 0.477 e. The highest BCUT2D eigenvalue weighted by Gasteiger charge is 2.12. The fourth-order valence-electron chi connectivity index (χ4n) is 1.26. The Labute approximate surface area is 91.8 Å². The molecule has 4 nitrogen and oxygen atoms in total. The van der Waals surface area contributed by atoms with Gasteiger partial charge in [-0.2, -0.15) is 0 Å². The third-order valence-corrected chi connectivity index (χ3v) is 3.43. The van der Waals surface area contributed by atoms with E-state index in [9.17, 15) is 4.79 Å². The first-order valence-corrected chi connectivity index (χ1v) is 5.47. The maximum absolute atomic E-state index is 10.7. The molecular formula is C10H14O4S. The van der Waals surface area contributed by atoms with E-state index in [1.165, 1.54) is 11.3 Å². The second-order valence-electron chi connectivity index (χ2n) is 3.40. The molecule has 0 aliphatic carbocycles. The van der Waals surface area contributed by atoms with Gasteiger partial charge in [0.25, 0.3) is 0 Å². The topological polar surface area (TPSA) is 77.8 Å². The van der Waals surface area contributed by atoms with Gasteiger partial charge in [0.2, 0.25) is 0 Å². The van der Waals surface area contributed by atoms with Gasteiger partial charge in [-0.05, 0) is 31.4 Å². The van der Waals surface area contributed by atoms with E-state index in [4.69, 9.17) is 15.3 Å². The molecule has 0 amide bonds. The van der Waals surface area contributed by atoms with Gasteiger partial charge in [0.1, 0.15) is 4.88 Å². The summed E-state index contributed by atoms with van der Waals surface area (Å²) in [5.41, 5.74) is 0.933. The zero-order valence-electron chi connectivity index (χ0n) is 8.43. The average molecular weight is 230 g/mol. The number of hydrogen-bond donors (Lipinski definition) is 3. The minimum absolute atomic E-state index is 0.254. The number of carboxylic acids is 1. The Morgan fingerprint density at radius 2 is 2.27 bits per heavy atom. The number of aliphatic hydroxyl groups excluding tert-OH is 2. The molecule has 1 aromatic heterocycles. The standard InChI is InChI=1S/C10H14O4S/c1-6-4-9(10(13)14)15-8(6)3-2-7(12)5-11/h4,7,11-12H,2-3,5H2,1H3,(H,13,14)/t7-/m0/s1. The van der Waals surface area contributed by atoms with Crippen LogP contribution in [0, 0.1) is 6.92 Å². The number of rotatable bonds is 5. The van der Waals surface area contributed by atoms with Crippen LogP contribution in [0.4, 0.5) is 0 Å². The first kappa shape index (κ1) is 12.2. The van der Waals surface area contributed by atoms with Gasteiger partial charge in [-0.25, -0.2) is 4.79 Å². The lowest BCUT2D eigenvalue weighted by Crippen LogP contribution is -2.12. The summed E-state index contributed by atoms with van der Waals surface area (Å²) in [7, 11) is 0. The molecule has 1 atom stereocenters. The van der Waals surface area contributed by atoms with E-state index < -0.39 is 12.1 Å². The molecule has 0 fully saturated rings. The molecule has 1 heterocycles. The van der Waals surface area contributed by atoms with Crippen molar-refractivity contribution in [3.8, 4) is 0 Å². The van der Waals surface area contributed by atoms with Crippen molar-refractivity contribution in [1.29, 1.82) is 0 Å². The van der Waals surface area contributed by atoms with Crippen LogP contribution in [-0.2, 0) is 6.42 Å². The third kappa shape index (κ3) is 3.30. The highest BCUT2D eigenvalue weighted by molar-refractivity contribution is 7.14. The molecule has 84 valence electrons. The summed E-state index contributed by atoms with van der Waals surface area (Å²) >= 11 is 1.23. The van der Waals surface area contributed by atoms with E-state index in [0.717, 1.165) is 10.4 Å². The van der Waals surface area contributed by atoms with Crippen LogP contribution in [0.1, 0.15) is 26.5 Å². The van der Waals surface area contributed by atoms with Gasteiger partial charge in [-0.3, -0.25) is 0 Å². The quantitative estimate of drug-likeness (QED) is 0.706. The van der Waals surface area contributed by atoms with Gasteiger partial charge < -0.3 is 15.3 Å². The average Bonchev–Trinajstić information content (AvgIpc) is 2.56. The van der Waals surface area contributed by atoms with Gasteiger partial charge in [-0.1, -0.05) is 0 Å². The molecule has 0 radical (unpaired) electrons. The molecule has 0 aromatic carbocycles. The van der Waals surface area contributed by atoms with E-state index in [1.807, 2.05) is 6.92 Å². The molecule has 1 aromatic rings. The smallest absolute Gasteiger partial charge is 0.345 e. The minimum Gasteiger partial charge on any atom is -0.477 e. The first-order valence-electron chi connectivity index (χ1n) is 4.66. The van der Waals surface area contributed by atoms with E-state index in [2.05, 4.69) is 0 Å². The predicted molar refractivity (Wildman–Crippen MR) is 57.4 cm³/mol. The molecule has 5 heteroatoms. The van der Waals surface area contributed by atoms with Gasteiger partial charge in [0.05, 0.1) is 12.7 Å². The van der Waals surface area contributed by atoms with Crippen LogP contribution in [0.25, 0.3) is 0 Å². The molecule has 1 rings (SSSR count). The maximum atomic E-state index is 10.7. The summed E-state index contributed by atoms with van der Waals surface area (Å²) in [5, 5.41) is 26.6. The predicted octanol–water partition coefficient (Wildman–Crippen LogP) is 1.04. The van der Waals surface area contributed by atoms with Crippen molar-refractivity contribution in [2.24, 2.45) is 0 Å². The lowest BCUT2D eigenvalue weighted by atomic mass is 10.1. The van der Waals surface area contributed by atoms with Crippen molar-refractivity contribution >= 4 is 17.3 Å². The number of aromatic carboxylic acids is 1. The third-order valence-electron chi connectivity index (χ3n) is 2.15. The number of carboxylic acid groups (broad SMARTS) is 1. The Morgan fingerprint density at radius 3 is 2.73 bits per heavy atom. The van der Waals surface area contributed by atoms with Crippen molar-refractivity contribution in [3.63, 3.8) is 0 Å². The van der Waals surface area contributed by atoms with Crippen LogP contribution >= 0.6 is 11.3 Å². The van der Waals surface area contributed by atoms with Crippen molar-refractivity contribution < 1.29 is 20.1 Å². The Bertz CT molecular complexity index is 345.